The van der Waals surface area contributed by atoms with Crippen LogP contribution in [-0.4, -0.2) is 22.2 Å². The molecule has 22 heavy (non-hydrogen) atoms. The van der Waals surface area contributed by atoms with Crippen LogP contribution in [0.15, 0.2) is 36.7 Å². The van der Waals surface area contributed by atoms with Crippen molar-refractivity contribution in [3.05, 3.63) is 47.8 Å². The van der Waals surface area contributed by atoms with Gasteiger partial charge < -0.3 is 14.8 Å². The number of nitrogens with one attached hydrogen (secondary N) is 1. The maximum Gasteiger partial charge on any atom is 0.119 e. The molecule has 2 aromatic carbocycles. The van der Waals surface area contributed by atoms with Gasteiger partial charge in [0.25, 0.3) is 0 Å². The fraction of sp³-hybridized carbons (Fsp3) is 0.167. The molecule has 0 spiro atoms. The fourth-order valence-corrected chi connectivity index (χ4v) is 3.30. The minimum atomic E-state index is -0.0126. The second-order valence-corrected chi connectivity index (χ2v) is 5.47. The normalized spacial score (nSPS) is 11.6. The molecule has 110 valence electrons. The van der Waals surface area contributed by atoms with E-state index in [9.17, 15) is 5.11 Å². The van der Waals surface area contributed by atoms with Gasteiger partial charge in [-0.25, -0.2) is 0 Å². The summed E-state index contributed by atoms with van der Waals surface area (Å²) in [6, 6.07) is 7.94. The molecule has 0 saturated carbocycles. The molecule has 2 heterocycles. The quantitative estimate of drug-likeness (QED) is 0.592. The number of fused-ring (bicyclic) bond motifs is 4. The lowest BCUT2D eigenvalue weighted by molar-refractivity contribution is 0.284. The lowest BCUT2D eigenvalue weighted by atomic mass is 9.96. The van der Waals surface area contributed by atoms with Crippen molar-refractivity contribution in [2.75, 3.05) is 7.11 Å². The number of pyridine rings is 1. The zero-order valence-corrected chi connectivity index (χ0v) is 12.5. The predicted octanol–water partition coefficient (Wildman–Crippen LogP) is 3.68. The largest absolute Gasteiger partial charge is 0.497 e. The van der Waals surface area contributed by atoms with E-state index in [1.54, 1.807) is 13.3 Å². The molecule has 4 rings (SSSR count). The third-order valence-corrected chi connectivity index (χ3v) is 4.39. The number of rotatable bonds is 2. The molecule has 0 bridgehead atoms. The Labute approximate surface area is 127 Å². The van der Waals surface area contributed by atoms with Gasteiger partial charge in [-0.1, -0.05) is 0 Å². The van der Waals surface area contributed by atoms with E-state index >= 15 is 0 Å². The number of ether oxygens (including phenoxy) is 1. The van der Waals surface area contributed by atoms with E-state index in [-0.39, 0.29) is 6.61 Å². The summed E-state index contributed by atoms with van der Waals surface area (Å²) < 4.78 is 5.35. The third kappa shape index (κ3) is 1.64. The number of hydrogen-bond acceptors (Lipinski definition) is 3. The maximum absolute atomic E-state index is 9.89. The Kier molecular flexibility index (Phi) is 2.81. The number of hydrogen-bond donors (Lipinski definition) is 2. The van der Waals surface area contributed by atoms with Crippen molar-refractivity contribution in [3.63, 3.8) is 0 Å². The van der Waals surface area contributed by atoms with Gasteiger partial charge in [-0.15, -0.1) is 0 Å². The van der Waals surface area contributed by atoms with Crippen LogP contribution in [0.25, 0.3) is 32.6 Å². The number of methoxy groups -OCH3 is 1. The van der Waals surface area contributed by atoms with Gasteiger partial charge in [0.05, 0.1) is 19.2 Å². The summed E-state index contributed by atoms with van der Waals surface area (Å²) in [6.07, 6.45) is 3.63. The first-order valence-corrected chi connectivity index (χ1v) is 7.20. The monoisotopic (exact) mass is 292 g/mol. The van der Waals surface area contributed by atoms with Crippen molar-refractivity contribution in [3.8, 4) is 5.75 Å². The Bertz CT molecular complexity index is 1020. The summed E-state index contributed by atoms with van der Waals surface area (Å²) in [5.41, 5.74) is 4.10. The lowest BCUT2D eigenvalue weighted by Crippen LogP contribution is -1.92. The maximum atomic E-state index is 9.89. The fourth-order valence-electron chi connectivity index (χ4n) is 3.30. The van der Waals surface area contributed by atoms with Gasteiger partial charge in [0.1, 0.15) is 5.75 Å². The summed E-state index contributed by atoms with van der Waals surface area (Å²) in [5, 5.41) is 14.2. The van der Waals surface area contributed by atoms with E-state index in [0.29, 0.717) is 0 Å². The van der Waals surface area contributed by atoms with Crippen LogP contribution < -0.4 is 4.74 Å². The molecule has 2 aromatic heterocycles. The topological polar surface area (TPSA) is 58.1 Å². The number of aromatic amines is 1. The van der Waals surface area contributed by atoms with E-state index in [4.69, 9.17) is 4.74 Å². The van der Waals surface area contributed by atoms with Gasteiger partial charge in [0.2, 0.25) is 0 Å². The molecule has 0 amide bonds. The van der Waals surface area contributed by atoms with Crippen LogP contribution >= 0.6 is 0 Å². The SMILES string of the molecule is COc1ccc2[nH]c3c(CO)c4ccncc4c(C)c3c2c1. The average Bonchev–Trinajstić information content (AvgIpc) is 2.94. The van der Waals surface area contributed by atoms with E-state index in [0.717, 1.165) is 49.5 Å². The highest BCUT2D eigenvalue weighted by atomic mass is 16.5. The van der Waals surface area contributed by atoms with E-state index < -0.39 is 0 Å². The number of benzene rings is 2. The zero-order chi connectivity index (χ0) is 15.3. The number of aryl methyl sites for hydroxylation is 1. The van der Waals surface area contributed by atoms with Crippen LogP contribution in [0, 0.1) is 6.92 Å². The van der Waals surface area contributed by atoms with Crippen molar-refractivity contribution in [1.29, 1.82) is 0 Å². The highest BCUT2D eigenvalue weighted by Crippen LogP contribution is 2.37. The van der Waals surface area contributed by atoms with Gasteiger partial charge in [-0.05, 0) is 42.1 Å². The third-order valence-electron chi connectivity index (χ3n) is 4.39. The number of aromatic nitrogens is 2. The van der Waals surface area contributed by atoms with Gasteiger partial charge in [-0.3, -0.25) is 4.98 Å². The van der Waals surface area contributed by atoms with Gasteiger partial charge in [0.15, 0.2) is 0 Å². The molecule has 0 fully saturated rings. The Morgan fingerprint density at radius 3 is 2.82 bits per heavy atom. The molecule has 0 aliphatic heterocycles. The van der Waals surface area contributed by atoms with E-state index in [1.165, 1.54) is 0 Å². The lowest BCUT2D eigenvalue weighted by Gasteiger charge is -2.10. The molecular formula is C18H16N2O2. The second kappa shape index (κ2) is 4.71. The molecule has 4 heteroatoms. The van der Waals surface area contributed by atoms with Crippen LogP contribution in [0.3, 0.4) is 0 Å². The minimum Gasteiger partial charge on any atom is -0.497 e. The van der Waals surface area contributed by atoms with Gasteiger partial charge >= 0.3 is 0 Å². The Balaban J connectivity index is 2.29. The molecule has 0 aliphatic carbocycles. The summed E-state index contributed by atoms with van der Waals surface area (Å²) >= 11 is 0. The molecule has 4 nitrogen and oxygen atoms in total. The average molecular weight is 292 g/mol. The Hall–Kier alpha value is -2.59. The Morgan fingerprint density at radius 2 is 2.05 bits per heavy atom. The molecule has 0 unspecified atom stereocenters. The summed E-state index contributed by atoms with van der Waals surface area (Å²) in [4.78, 5) is 7.68. The number of H-pyrrole nitrogens is 1. The number of aliphatic hydroxyl groups is 1. The predicted molar refractivity (Wildman–Crippen MR) is 88.3 cm³/mol. The molecule has 0 aliphatic rings. The highest BCUT2D eigenvalue weighted by molar-refractivity contribution is 6.16. The zero-order valence-electron chi connectivity index (χ0n) is 12.5. The van der Waals surface area contributed by atoms with Crippen molar-refractivity contribution < 1.29 is 9.84 Å². The summed E-state index contributed by atoms with van der Waals surface area (Å²) in [6.45, 7) is 2.08. The smallest absolute Gasteiger partial charge is 0.119 e. The number of aliphatic hydroxyl groups excluding tert-OH is 1. The first-order valence-electron chi connectivity index (χ1n) is 7.20. The van der Waals surface area contributed by atoms with Crippen molar-refractivity contribution in [2.45, 2.75) is 13.5 Å². The highest BCUT2D eigenvalue weighted by Gasteiger charge is 2.16. The van der Waals surface area contributed by atoms with E-state index in [1.807, 2.05) is 30.5 Å². The van der Waals surface area contributed by atoms with Crippen molar-refractivity contribution >= 4 is 32.6 Å². The molecule has 0 atom stereocenters. The molecule has 0 saturated heterocycles. The molecule has 0 radical (unpaired) electrons. The minimum absolute atomic E-state index is 0.0126. The first kappa shape index (κ1) is 13.1. The molecule has 4 aromatic rings. The van der Waals surface area contributed by atoms with Crippen molar-refractivity contribution in [2.24, 2.45) is 0 Å². The molecule has 2 N–H and O–H groups in total. The van der Waals surface area contributed by atoms with E-state index in [2.05, 4.69) is 16.9 Å². The summed E-state index contributed by atoms with van der Waals surface area (Å²) in [5.74, 6) is 0.824. The second-order valence-electron chi connectivity index (χ2n) is 5.47. The van der Waals surface area contributed by atoms with Crippen LogP contribution in [-0.2, 0) is 6.61 Å². The van der Waals surface area contributed by atoms with Gasteiger partial charge in [-0.2, -0.15) is 0 Å². The number of nitrogens with zero attached hydrogens (tertiary/aromatic N) is 1. The van der Waals surface area contributed by atoms with Gasteiger partial charge in [0, 0.05) is 39.6 Å². The van der Waals surface area contributed by atoms with Crippen molar-refractivity contribution in [1.82, 2.24) is 9.97 Å². The van der Waals surface area contributed by atoms with Crippen LogP contribution in [0.5, 0.6) is 5.75 Å². The van der Waals surface area contributed by atoms with Crippen LogP contribution in [0.4, 0.5) is 0 Å². The standard InChI is InChI=1S/C18H16N2O2/c1-10-14-8-19-6-5-12(14)15(9-21)18-17(10)13-7-11(22-2)3-4-16(13)20-18/h3-8,20-21H,9H2,1-2H3. The Morgan fingerprint density at radius 1 is 1.18 bits per heavy atom. The first-order chi connectivity index (χ1) is 10.7. The van der Waals surface area contributed by atoms with Crippen LogP contribution in [0.2, 0.25) is 0 Å². The summed E-state index contributed by atoms with van der Waals surface area (Å²) in [7, 11) is 1.67. The molecular weight excluding hydrogens is 276 g/mol. The van der Waals surface area contributed by atoms with Crippen LogP contribution in [0.1, 0.15) is 11.1 Å².